The number of esters is 1. The Morgan fingerprint density at radius 1 is 1.12 bits per heavy atom. The molecule has 1 aromatic rings. The molecule has 0 spiro atoms. The fourth-order valence-corrected chi connectivity index (χ4v) is 2.49. The Kier molecular flexibility index (Phi) is 9.75. The molecule has 0 saturated carbocycles. The minimum atomic E-state index is -0.696. The first-order valence-electron chi connectivity index (χ1n) is 8.80. The Morgan fingerprint density at radius 3 is 2.31 bits per heavy atom. The fourth-order valence-electron chi connectivity index (χ4n) is 2.49. The van der Waals surface area contributed by atoms with Crippen molar-refractivity contribution in [3.63, 3.8) is 0 Å². The number of allylic oxidation sites excluding steroid dienone is 1. The standard InChI is InChI=1S/C20H28N2O4/c1-4-5-7-12-17(20(25)26-3)22-19(24)14-13-18(23)21-15(2)16-10-8-6-9-11-16/h4,6,8-11,15,17H,1,5,7,12-14H2,2-3H3,(H,21,23)(H,22,24)/t15-,17-/m1/s1. The highest BCUT2D eigenvalue weighted by Crippen LogP contribution is 2.11. The van der Waals surface area contributed by atoms with E-state index in [1.807, 2.05) is 37.3 Å². The average Bonchev–Trinajstić information content (AvgIpc) is 2.65. The van der Waals surface area contributed by atoms with Crippen molar-refractivity contribution in [2.75, 3.05) is 7.11 Å². The van der Waals surface area contributed by atoms with E-state index in [0.29, 0.717) is 6.42 Å². The molecule has 0 aliphatic carbocycles. The molecule has 1 aromatic carbocycles. The van der Waals surface area contributed by atoms with Gasteiger partial charge in [-0.15, -0.1) is 6.58 Å². The highest BCUT2D eigenvalue weighted by Gasteiger charge is 2.21. The van der Waals surface area contributed by atoms with Crippen molar-refractivity contribution in [2.45, 2.75) is 51.1 Å². The molecule has 0 heterocycles. The number of unbranched alkanes of at least 4 members (excludes halogenated alkanes) is 1. The zero-order valence-corrected chi connectivity index (χ0v) is 15.5. The maximum atomic E-state index is 12.0. The molecule has 0 aliphatic rings. The third-order valence-corrected chi connectivity index (χ3v) is 3.98. The second-order valence-corrected chi connectivity index (χ2v) is 6.06. The van der Waals surface area contributed by atoms with Gasteiger partial charge in [0.1, 0.15) is 6.04 Å². The van der Waals surface area contributed by atoms with Crippen molar-refractivity contribution in [2.24, 2.45) is 0 Å². The summed E-state index contributed by atoms with van der Waals surface area (Å²) < 4.78 is 4.71. The van der Waals surface area contributed by atoms with E-state index in [2.05, 4.69) is 17.2 Å². The van der Waals surface area contributed by atoms with E-state index in [4.69, 9.17) is 4.74 Å². The van der Waals surface area contributed by atoms with Gasteiger partial charge < -0.3 is 15.4 Å². The fraction of sp³-hybridized carbons (Fsp3) is 0.450. The van der Waals surface area contributed by atoms with Gasteiger partial charge in [-0.2, -0.15) is 0 Å². The Morgan fingerprint density at radius 2 is 1.73 bits per heavy atom. The van der Waals surface area contributed by atoms with Crippen molar-refractivity contribution in [3.8, 4) is 0 Å². The van der Waals surface area contributed by atoms with Crippen LogP contribution < -0.4 is 10.6 Å². The van der Waals surface area contributed by atoms with E-state index < -0.39 is 12.0 Å². The van der Waals surface area contributed by atoms with Crippen molar-refractivity contribution in [3.05, 3.63) is 48.6 Å². The van der Waals surface area contributed by atoms with E-state index in [0.717, 1.165) is 18.4 Å². The van der Waals surface area contributed by atoms with Crippen LogP contribution in [0.2, 0.25) is 0 Å². The van der Waals surface area contributed by atoms with Crippen LogP contribution in [0.25, 0.3) is 0 Å². The minimum absolute atomic E-state index is 0.0162. The summed E-state index contributed by atoms with van der Waals surface area (Å²) in [6.45, 7) is 5.52. The summed E-state index contributed by atoms with van der Waals surface area (Å²) in [4.78, 5) is 35.8. The number of ether oxygens (including phenoxy) is 1. The molecule has 26 heavy (non-hydrogen) atoms. The van der Waals surface area contributed by atoms with Gasteiger partial charge in [-0.3, -0.25) is 9.59 Å². The Balaban J connectivity index is 2.41. The van der Waals surface area contributed by atoms with Gasteiger partial charge in [-0.1, -0.05) is 36.4 Å². The summed E-state index contributed by atoms with van der Waals surface area (Å²) in [6, 6.07) is 8.77. The summed E-state index contributed by atoms with van der Waals surface area (Å²) in [6.07, 6.45) is 3.78. The molecule has 0 fully saturated rings. The number of rotatable bonds is 11. The molecule has 2 atom stereocenters. The first-order chi connectivity index (χ1) is 12.5. The molecule has 0 aliphatic heterocycles. The lowest BCUT2D eigenvalue weighted by Gasteiger charge is -2.17. The summed E-state index contributed by atoms with van der Waals surface area (Å²) in [5.41, 5.74) is 0.998. The summed E-state index contributed by atoms with van der Waals surface area (Å²) in [5.74, 6) is -1.04. The number of carbonyl (C=O) groups is 3. The van der Waals surface area contributed by atoms with Crippen LogP contribution in [0, 0.1) is 0 Å². The highest BCUT2D eigenvalue weighted by molar-refractivity contribution is 5.87. The van der Waals surface area contributed by atoms with Crippen molar-refractivity contribution in [1.29, 1.82) is 0 Å². The molecular formula is C20H28N2O4. The zero-order valence-electron chi connectivity index (χ0n) is 15.5. The number of benzene rings is 1. The molecule has 142 valence electrons. The van der Waals surface area contributed by atoms with Crippen LogP contribution in [-0.2, 0) is 19.1 Å². The first-order valence-corrected chi connectivity index (χ1v) is 8.80. The Hall–Kier alpha value is -2.63. The number of hydrogen-bond acceptors (Lipinski definition) is 4. The number of methoxy groups -OCH3 is 1. The van der Waals surface area contributed by atoms with E-state index in [1.54, 1.807) is 6.08 Å². The van der Waals surface area contributed by atoms with Gasteiger partial charge in [0.15, 0.2) is 0 Å². The number of carbonyl (C=O) groups excluding carboxylic acids is 3. The third kappa shape index (κ3) is 7.96. The SMILES string of the molecule is C=CCCC[C@@H](NC(=O)CCC(=O)N[C@H](C)c1ccccc1)C(=O)OC. The van der Waals surface area contributed by atoms with Crippen molar-refractivity contribution < 1.29 is 19.1 Å². The largest absolute Gasteiger partial charge is 0.467 e. The first kappa shape index (κ1) is 21.4. The van der Waals surface area contributed by atoms with E-state index in [9.17, 15) is 14.4 Å². The Bertz CT molecular complexity index is 601. The predicted octanol–water partition coefficient (Wildman–Crippen LogP) is 2.66. The van der Waals surface area contributed by atoms with E-state index in [1.165, 1.54) is 7.11 Å². The molecule has 0 aromatic heterocycles. The lowest BCUT2D eigenvalue weighted by Crippen LogP contribution is -2.41. The van der Waals surface area contributed by atoms with Gasteiger partial charge in [0.2, 0.25) is 11.8 Å². The maximum absolute atomic E-state index is 12.0. The number of amides is 2. The normalized spacial score (nSPS) is 12.5. The van der Waals surface area contributed by atoms with Crippen molar-refractivity contribution in [1.82, 2.24) is 10.6 Å². The second-order valence-electron chi connectivity index (χ2n) is 6.06. The van der Waals surface area contributed by atoms with E-state index >= 15 is 0 Å². The van der Waals surface area contributed by atoms with Crippen LogP contribution in [0.15, 0.2) is 43.0 Å². The molecule has 0 radical (unpaired) electrons. The molecule has 2 N–H and O–H groups in total. The quantitative estimate of drug-likeness (QED) is 0.361. The van der Waals surface area contributed by atoms with Gasteiger partial charge in [0.05, 0.1) is 13.2 Å². The molecule has 6 nitrogen and oxygen atoms in total. The third-order valence-electron chi connectivity index (χ3n) is 3.98. The zero-order chi connectivity index (χ0) is 19.4. The molecular weight excluding hydrogens is 332 g/mol. The molecule has 0 saturated heterocycles. The van der Waals surface area contributed by atoms with Crippen molar-refractivity contribution >= 4 is 17.8 Å². The average molecular weight is 360 g/mol. The topological polar surface area (TPSA) is 84.5 Å². The molecule has 2 amide bonds. The van der Waals surface area contributed by atoms with Crippen LogP contribution in [0.5, 0.6) is 0 Å². The number of nitrogens with one attached hydrogen (secondary N) is 2. The Labute approximate surface area is 155 Å². The van der Waals surface area contributed by atoms with Gasteiger partial charge >= 0.3 is 5.97 Å². The van der Waals surface area contributed by atoms with Gasteiger partial charge in [0, 0.05) is 12.8 Å². The van der Waals surface area contributed by atoms with Crippen LogP contribution in [-0.4, -0.2) is 30.9 Å². The second kappa shape index (κ2) is 11.8. The molecule has 0 bridgehead atoms. The van der Waals surface area contributed by atoms with E-state index in [-0.39, 0.29) is 30.7 Å². The molecule has 0 unspecified atom stereocenters. The minimum Gasteiger partial charge on any atom is -0.467 e. The van der Waals surface area contributed by atoms with Gasteiger partial charge in [-0.25, -0.2) is 4.79 Å². The summed E-state index contributed by atoms with van der Waals surface area (Å²) in [7, 11) is 1.29. The van der Waals surface area contributed by atoms with Crippen LogP contribution in [0.3, 0.4) is 0 Å². The van der Waals surface area contributed by atoms with Crippen LogP contribution in [0.4, 0.5) is 0 Å². The van der Waals surface area contributed by atoms with Gasteiger partial charge in [-0.05, 0) is 31.7 Å². The maximum Gasteiger partial charge on any atom is 0.328 e. The summed E-state index contributed by atoms with van der Waals surface area (Å²) in [5, 5.41) is 5.50. The van der Waals surface area contributed by atoms with Gasteiger partial charge in [0.25, 0.3) is 0 Å². The molecule has 1 rings (SSSR count). The molecule has 6 heteroatoms. The highest BCUT2D eigenvalue weighted by atomic mass is 16.5. The lowest BCUT2D eigenvalue weighted by molar-refractivity contribution is -0.145. The lowest BCUT2D eigenvalue weighted by atomic mass is 10.1. The predicted molar refractivity (Wildman–Crippen MR) is 100 cm³/mol. The summed E-state index contributed by atoms with van der Waals surface area (Å²) >= 11 is 0. The monoisotopic (exact) mass is 360 g/mol. The number of hydrogen-bond donors (Lipinski definition) is 2. The smallest absolute Gasteiger partial charge is 0.328 e. The van der Waals surface area contributed by atoms with Crippen LogP contribution in [0.1, 0.15) is 50.6 Å². The van der Waals surface area contributed by atoms with Crippen LogP contribution >= 0.6 is 0 Å².